The van der Waals surface area contributed by atoms with Crippen molar-refractivity contribution in [1.82, 2.24) is 4.90 Å². The second-order valence-corrected chi connectivity index (χ2v) is 5.20. The Morgan fingerprint density at radius 2 is 2.23 bits per heavy atom. The van der Waals surface area contributed by atoms with Crippen molar-refractivity contribution in [2.75, 3.05) is 25.5 Å². The first kappa shape index (κ1) is 15.8. The molecule has 0 aliphatic carbocycles. The van der Waals surface area contributed by atoms with Gasteiger partial charge in [-0.3, -0.25) is 9.59 Å². The van der Waals surface area contributed by atoms with Crippen molar-refractivity contribution >= 4 is 23.5 Å². The molecule has 1 aliphatic rings. The molecule has 1 fully saturated rings. The molecule has 1 unspecified atom stereocenters. The number of nitrogens with one attached hydrogen (secondary N) is 1. The second-order valence-electron chi connectivity index (χ2n) is 5.20. The summed E-state index contributed by atoms with van der Waals surface area (Å²) in [7, 11) is 1.72. The van der Waals surface area contributed by atoms with Gasteiger partial charge in [0, 0.05) is 37.7 Å². The second kappa shape index (κ2) is 6.93. The topological polar surface area (TPSA) is 95.9 Å². The molecule has 0 saturated carbocycles. The maximum Gasteiger partial charge on any atom is 0.341 e. The van der Waals surface area contributed by atoms with Gasteiger partial charge in [0.05, 0.1) is 0 Å². The fourth-order valence-electron chi connectivity index (χ4n) is 2.22. The molecule has 7 heteroatoms. The fraction of sp³-hybridized carbons (Fsp3) is 0.400. The van der Waals surface area contributed by atoms with Gasteiger partial charge in [0.25, 0.3) is 0 Å². The maximum absolute atomic E-state index is 12.2. The highest BCUT2D eigenvalue weighted by Crippen LogP contribution is 2.22. The molecular formula is C15H18N2O5. The number of nitrogens with zero attached hydrogens (tertiary/aromatic N) is 1. The van der Waals surface area contributed by atoms with E-state index in [9.17, 15) is 14.4 Å². The third kappa shape index (κ3) is 4.21. The van der Waals surface area contributed by atoms with Crippen LogP contribution in [-0.2, 0) is 14.4 Å². The number of likely N-dealkylation sites (tertiary alicyclic amines) is 1. The standard InChI is InChI=1S/C15H18N2O5/c1-17-6-5-10(7-13(17)18)15(21)16-11-3-2-4-12(8-11)22-9-14(19)20/h2-4,8,10H,5-7,9H2,1H3,(H,16,21)(H,19,20). The van der Waals surface area contributed by atoms with Gasteiger partial charge >= 0.3 is 5.97 Å². The number of piperidine rings is 1. The monoisotopic (exact) mass is 306 g/mol. The summed E-state index contributed by atoms with van der Waals surface area (Å²) in [6.07, 6.45) is 0.834. The number of hydrogen-bond acceptors (Lipinski definition) is 4. The molecule has 0 aromatic heterocycles. The Hall–Kier alpha value is -2.57. The van der Waals surface area contributed by atoms with Crippen LogP contribution in [0, 0.1) is 5.92 Å². The lowest BCUT2D eigenvalue weighted by atomic mass is 9.95. The van der Waals surface area contributed by atoms with E-state index in [1.165, 1.54) is 0 Å². The van der Waals surface area contributed by atoms with Crippen LogP contribution in [0.4, 0.5) is 5.69 Å². The number of benzene rings is 1. The van der Waals surface area contributed by atoms with Crippen molar-refractivity contribution in [3.05, 3.63) is 24.3 Å². The van der Waals surface area contributed by atoms with E-state index in [0.717, 1.165) is 0 Å². The smallest absolute Gasteiger partial charge is 0.341 e. The number of carbonyl (C=O) groups is 3. The van der Waals surface area contributed by atoms with Gasteiger partial charge < -0.3 is 20.1 Å². The number of hydrogen-bond donors (Lipinski definition) is 2. The van der Waals surface area contributed by atoms with Crippen LogP contribution in [0.15, 0.2) is 24.3 Å². The molecular weight excluding hydrogens is 288 g/mol. The lowest BCUT2D eigenvalue weighted by Crippen LogP contribution is -2.39. The van der Waals surface area contributed by atoms with E-state index in [0.29, 0.717) is 24.4 Å². The first-order valence-corrected chi connectivity index (χ1v) is 6.95. The first-order chi connectivity index (χ1) is 10.5. The van der Waals surface area contributed by atoms with E-state index in [1.807, 2.05) is 0 Å². The highest BCUT2D eigenvalue weighted by molar-refractivity contribution is 5.95. The van der Waals surface area contributed by atoms with E-state index in [1.54, 1.807) is 36.2 Å². The minimum absolute atomic E-state index is 0.0371. The molecule has 0 bridgehead atoms. The molecule has 2 amide bonds. The van der Waals surface area contributed by atoms with Gasteiger partial charge in [-0.2, -0.15) is 0 Å². The average Bonchev–Trinajstić information content (AvgIpc) is 2.48. The highest BCUT2D eigenvalue weighted by atomic mass is 16.5. The van der Waals surface area contributed by atoms with Gasteiger partial charge in [-0.25, -0.2) is 4.79 Å². The summed E-state index contributed by atoms with van der Waals surface area (Å²) >= 11 is 0. The van der Waals surface area contributed by atoms with Gasteiger partial charge in [-0.15, -0.1) is 0 Å². The third-order valence-corrected chi connectivity index (χ3v) is 3.49. The van der Waals surface area contributed by atoms with Crippen molar-refractivity contribution in [1.29, 1.82) is 0 Å². The summed E-state index contributed by atoms with van der Waals surface area (Å²) in [4.78, 5) is 35.9. The molecule has 118 valence electrons. The minimum Gasteiger partial charge on any atom is -0.482 e. The van der Waals surface area contributed by atoms with Crippen LogP contribution in [0.25, 0.3) is 0 Å². The van der Waals surface area contributed by atoms with Crippen molar-refractivity contribution in [2.45, 2.75) is 12.8 Å². The number of anilines is 1. The van der Waals surface area contributed by atoms with Crippen LogP contribution in [0.2, 0.25) is 0 Å². The van der Waals surface area contributed by atoms with Gasteiger partial charge in [0.1, 0.15) is 5.75 Å². The van der Waals surface area contributed by atoms with Crippen molar-refractivity contribution < 1.29 is 24.2 Å². The van der Waals surface area contributed by atoms with Crippen LogP contribution in [0.1, 0.15) is 12.8 Å². The zero-order chi connectivity index (χ0) is 16.1. The molecule has 2 rings (SSSR count). The Kier molecular flexibility index (Phi) is 4.98. The SMILES string of the molecule is CN1CCC(C(=O)Nc2cccc(OCC(=O)O)c2)CC1=O. The van der Waals surface area contributed by atoms with Crippen LogP contribution in [-0.4, -0.2) is 48.0 Å². The van der Waals surface area contributed by atoms with Gasteiger partial charge in [0.2, 0.25) is 11.8 Å². The predicted octanol–water partition coefficient (Wildman–Crippen LogP) is 0.957. The van der Waals surface area contributed by atoms with Gasteiger partial charge in [-0.05, 0) is 18.6 Å². The van der Waals surface area contributed by atoms with Crippen LogP contribution in [0.5, 0.6) is 5.75 Å². The molecule has 7 nitrogen and oxygen atoms in total. The summed E-state index contributed by atoms with van der Waals surface area (Å²) in [5.74, 6) is -1.30. The zero-order valence-corrected chi connectivity index (χ0v) is 12.2. The molecule has 1 heterocycles. The van der Waals surface area contributed by atoms with Crippen LogP contribution < -0.4 is 10.1 Å². The molecule has 2 N–H and O–H groups in total. The average molecular weight is 306 g/mol. The number of rotatable bonds is 5. The summed E-state index contributed by atoms with van der Waals surface area (Å²) in [5, 5.41) is 11.3. The summed E-state index contributed by atoms with van der Waals surface area (Å²) < 4.78 is 5.05. The van der Waals surface area contributed by atoms with E-state index < -0.39 is 12.6 Å². The Morgan fingerprint density at radius 1 is 1.45 bits per heavy atom. The molecule has 1 aromatic rings. The lowest BCUT2D eigenvalue weighted by Gasteiger charge is -2.27. The van der Waals surface area contributed by atoms with E-state index in [2.05, 4.69) is 5.32 Å². The molecule has 1 saturated heterocycles. The quantitative estimate of drug-likeness (QED) is 0.844. The molecule has 1 aromatic carbocycles. The van der Waals surface area contributed by atoms with Gasteiger partial charge in [-0.1, -0.05) is 6.07 Å². The Labute approximate surface area is 127 Å². The normalized spacial score (nSPS) is 18.0. The molecule has 22 heavy (non-hydrogen) atoms. The van der Waals surface area contributed by atoms with Crippen LogP contribution >= 0.6 is 0 Å². The molecule has 0 spiro atoms. The predicted molar refractivity (Wildman–Crippen MR) is 78.6 cm³/mol. The Balaban J connectivity index is 1.95. The molecule has 1 aliphatic heterocycles. The summed E-state index contributed by atoms with van der Waals surface area (Å²) in [5.41, 5.74) is 0.513. The van der Waals surface area contributed by atoms with Crippen molar-refractivity contribution in [3.8, 4) is 5.75 Å². The largest absolute Gasteiger partial charge is 0.482 e. The summed E-state index contributed by atoms with van der Waals surface area (Å²) in [6.45, 7) is 0.125. The fourth-order valence-corrected chi connectivity index (χ4v) is 2.22. The molecule has 1 atom stereocenters. The highest BCUT2D eigenvalue weighted by Gasteiger charge is 2.28. The summed E-state index contributed by atoms with van der Waals surface area (Å²) in [6, 6.07) is 6.50. The number of carbonyl (C=O) groups excluding carboxylic acids is 2. The van der Waals surface area contributed by atoms with Gasteiger partial charge in [0.15, 0.2) is 6.61 Å². The van der Waals surface area contributed by atoms with E-state index >= 15 is 0 Å². The molecule has 0 radical (unpaired) electrons. The van der Waals surface area contributed by atoms with Crippen molar-refractivity contribution in [3.63, 3.8) is 0 Å². The maximum atomic E-state index is 12.2. The van der Waals surface area contributed by atoms with E-state index in [4.69, 9.17) is 9.84 Å². The van der Waals surface area contributed by atoms with Crippen molar-refractivity contribution in [2.24, 2.45) is 5.92 Å². The number of aliphatic carboxylic acids is 1. The first-order valence-electron chi connectivity index (χ1n) is 6.95. The number of ether oxygens (including phenoxy) is 1. The Morgan fingerprint density at radius 3 is 2.91 bits per heavy atom. The zero-order valence-electron chi connectivity index (χ0n) is 12.2. The van der Waals surface area contributed by atoms with E-state index in [-0.39, 0.29) is 24.2 Å². The minimum atomic E-state index is -1.07. The third-order valence-electron chi connectivity index (χ3n) is 3.49. The number of carboxylic acid groups (broad SMARTS) is 1. The number of carboxylic acids is 1. The Bertz CT molecular complexity index is 587. The van der Waals surface area contributed by atoms with Crippen LogP contribution in [0.3, 0.4) is 0 Å². The lowest BCUT2D eigenvalue weighted by molar-refractivity contribution is -0.139. The number of amides is 2.